The molecule has 26 heavy (non-hydrogen) atoms. The number of halogens is 1. The van der Waals surface area contributed by atoms with Gasteiger partial charge in [-0.1, -0.05) is 29.8 Å². The summed E-state index contributed by atoms with van der Waals surface area (Å²) >= 11 is 6.48. The van der Waals surface area contributed by atoms with Gasteiger partial charge in [-0.2, -0.15) is 4.98 Å². The molecule has 0 radical (unpaired) electrons. The first kappa shape index (κ1) is 15.5. The van der Waals surface area contributed by atoms with E-state index in [1.807, 2.05) is 30.3 Å². The van der Waals surface area contributed by atoms with Gasteiger partial charge in [0.1, 0.15) is 11.4 Å². The number of hydrogen-bond donors (Lipinski definition) is 1. The molecule has 2 heterocycles. The Labute approximate surface area is 154 Å². The molecule has 2 aromatic heterocycles. The number of hydrogen-bond acceptors (Lipinski definition) is 4. The predicted molar refractivity (Wildman–Crippen MR) is 104 cm³/mol. The number of anilines is 1. The van der Waals surface area contributed by atoms with E-state index in [2.05, 4.69) is 16.4 Å². The molecule has 130 valence electrons. The van der Waals surface area contributed by atoms with Gasteiger partial charge in [0.2, 0.25) is 0 Å². The molecule has 0 atom stereocenters. The summed E-state index contributed by atoms with van der Waals surface area (Å²) in [5, 5.41) is 5.12. The van der Waals surface area contributed by atoms with Crippen molar-refractivity contribution in [2.75, 3.05) is 12.4 Å². The van der Waals surface area contributed by atoms with E-state index in [0.29, 0.717) is 27.9 Å². The molecule has 4 aromatic rings. The van der Waals surface area contributed by atoms with E-state index < -0.39 is 0 Å². The van der Waals surface area contributed by atoms with Gasteiger partial charge in [-0.25, -0.2) is 4.79 Å². The number of furan rings is 1. The zero-order valence-corrected chi connectivity index (χ0v) is 14.9. The number of benzene rings is 2. The molecule has 0 aliphatic heterocycles. The lowest BCUT2D eigenvalue weighted by atomic mass is 10.1. The second kappa shape index (κ2) is 5.61. The first-order valence-electron chi connectivity index (χ1n) is 8.58. The summed E-state index contributed by atoms with van der Waals surface area (Å²) < 4.78 is 7.35. The average molecular weight is 366 g/mol. The van der Waals surface area contributed by atoms with Gasteiger partial charge in [-0.3, -0.25) is 4.57 Å². The van der Waals surface area contributed by atoms with Crippen LogP contribution in [0.4, 0.5) is 5.82 Å². The van der Waals surface area contributed by atoms with Gasteiger partial charge >= 0.3 is 5.69 Å². The minimum Gasteiger partial charge on any atom is -0.463 e. The highest BCUT2D eigenvalue weighted by molar-refractivity contribution is 6.37. The van der Waals surface area contributed by atoms with E-state index in [0.717, 1.165) is 29.3 Å². The summed E-state index contributed by atoms with van der Waals surface area (Å²) in [6, 6.07) is 11.7. The summed E-state index contributed by atoms with van der Waals surface area (Å²) in [6.45, 7) is 0. The SMILES string of the molecule is CNc1nc(=O)n(-c2ccccc2C2CC2)c2cc(Cl)c3ccoc3c12. The Morgan fingerprint density at radius 3 is 2.85 bits per heavy atom. The van der Waals surface area contributed by atoms with Crippen LogP contribution in [0.2, 0.25) is 5.02 Å². The molecule has 0 saturated heterocycles. The monoisotopic (exact) mass is 365 g/mol. The van der Waals surface area contributed by atoms with Crippen molar-refractivity contribution in [1.29, 1.82) is 0 Å². The summed E-state index contributed by atoms with van der Waals surface area (Å²) in [5.74, 6) is 0.988. The molecule has 0 amide bonds. The first-order chi connectivity index (χ1) is 12.7. The lowest BCUT2D eigenvalue weighted by Gasteiger charge is -2.16. The number of rotatable bonds is 3. The van der Waals surface area contributed by atoms with Crippen LogP contribution >= 0.6 is 11.6 Å². The lowest BCUT2D eigenvalue weighted by molar-refractivity contribution is 0.619. The zero-order valence-electron chi connectivity index (χ0n) is 14.1. The molecular weight excluding hydrogens is 350 g/mol. The molecule has 1 saturated carbocycles. The smallest absolute Gasteiger partial charge is 0.354 e. The maximum absolute atomic E-state index is 12.9. The highest BCUT2D eigenvalue weighted by Gasteiger charge is 2.28. The van der Waals surface area contributed by atoms with E-state index in [1.165, 1.54) is 5.56 Å². The molecule has 0 bridgehead atoms. The van der Waals surface area contributed by atoms with Crippen LogP contribution in [0.3, 0.4) is 0 Å². The number of para-hydroxylation sites is 1. The Morgan fingerprint density at radius 1 is 1.27 bits per heavy atom. The quantitative estimate of drug-likeness (QED) is 0.571. The van der Waals surface area contributed by atoms with Crippen LogP contribution in [-0.2, 0) is 0 Å². The van der Waals surface area contributed by atoms with Crippen LogP contribution in [-0.4, -0.2) is 16.6 Å². The van der Waals surface area contributed by atoms with E-state index in [-0.39, 0.29) is 5.69 Å². The van der Waals surface area contributed by atoms with Crippen LogP contribution in [0, 0.1) is 0 Å². The fourth-order valence-corrected chi connectivity index (χ4v) is 3.88. The highest BCUT2D eigenvalue weighted by atomic mass is 35.5. The minimum absolute atomic E-state index is 0.336. The van der Waals surface area contributed by atoms with Crippen molar-refractivity contribution >= 4 is 39.3 Å². The molecule has 0 unspecified atom stereocenters. The van der Waals surface area contributed by atoms with Crippen molar-refractivity contribution in [3.8, 4) is 5.69 Å². The van der Waals surface area contributed by atoms with Crippen molar-refractivity contribution in [3.63, 3.8) is 0 Å². The Balaban J connectivity index is 1.97. The molecule has 1 N–H and O–H groups in total. The van der Waals surface area contributed by atoms with Crippen LogP contribution in [0.15, 0.2) is 51.9 Å². The van der Waals surface area contributed by atoms with E-state index >= 15 is 0 Å². The van der Waals surface area contributed by atoms with Crippen LogP contribution in [0.25, 0.3) is 27.6 Å². The fraction of sp³-hybridized carbons (Fsp3) is 0.200. The molecule has 2 aromatic carbocycles. The van der Waals surface area contributed by atoms with Crippen molar-refractivity contribution in [1.82, 2.24) is 9.55 Å². The topological polar surface area (TPSA) is 60.1 Å². The van der Waals surface area contributed by atoms with E-state index in [1.54, 1.807) is 17.9 Å². The van der Waals surface area contributed by atoms with Gasteiger partial charge in [0.05, 0.1) is 27.9 Å². The van der Waals surface area contributed by atoms with E-state index in [9.17, 15) is 4.79 Å². The number of fused-ring (bicyclic) bond motifs is 3. The van der Waals surface area contributed by atoms with Gasteiger partial charge in [0.15, 0.2) is 0 Å². The van der Waals surface area contributed by atoms with Crippen LogP contribution < -0.4 is 11.0 Å². The maximum atomic E-state index is 12.9. The normalized spacial score (nSPS) is 14.2. The second-order valence-electron chi connectivity index (χ2n) is 6.58. The van der Waals surface area contributed by atoms with Crippen LogP contribution in [0.5, 0.6) is 0 Å². The Kier molecular flexibility index (Phi) is 3.34. The standard InChI is InChI=1S/C20H16ClN3O2/c1-22-19-17-16(10-14(21)13-8-9-26-18(13)17)24(20(25)23-19)15-5-3-2-4-12(15)11-6-7-11/h2-5,8-11H,6-7H2,1H3,(H,22,23,25). The van der Waals surface area contributed by atoms with Crippen molar-refractivity contribution < 1.29 is 4.42 Å². The molecule has 5 rings (SSSR count). The summed E-state index contributed by atoms with van der Waals surface area (Å²) in [6.07, 6.45) is 3.90. The third-order valence-electron chi connectivity index (χ3n) is 4.98. The molecule has 5 nitrogen and oxygen atoms in total. The first-order valence-corrected chi connectivity index (χ1v) is 8.96. The minimum atomic E-state index is -0.336. The molecule has 1 aliphatic carbocycles. The fourth-order valence-electron chi connectivity index (χ4n) is 3.63. The summed E-state index contributed by atoms with van der Waals surface area (Å²) in [5.41, 5.74) is 3.02. The lowest BCUT2D eigenvalue weighted by Crippen LogP contribution is -2.24. The van der Waals surface area contributed by atoms with Crippen molar-refractivity contribution in [2.24, 2.45) is 0 Å². The largest absolute Gasteiger partial charge is 0.463 e. The molecule has 1 aliphatic rings. The zero-order chi connectivity index (χ0) is 17.8. The van der Waals surface area contributed by atoms with Crippen molar-refractivity contribution in [2.45, 2.75) is 18.8 Å². The molecule has 0 spiro atoms. The van der Waals surface area contributed by atoms with Gasteiger partial charge in [0, 0.05) is 12.4 Å². The summed E-state index contributed by atoms with van der Waals surface area (Å²) in [4.78, 5) is 17.2. The third-order valence-corrected chi connectivity index (χ3v) is 5.29. The third kappa shape index (κ3) is 2.17. The average Bonchev–Trinajstić information content (AvgIpc) is 3.37. The summed E-state index contributed by atoms with van der Waals surface area (Å²) in [7, 11) is 1.74. The number of aromatic nitrogens is 2. The number of nitrogens with one attached hydrogen (secondary N) is 1. The highest BCUT2D eigenvalue weighted by Crippen LogP contribution is 2.43. The van der Waals surface area contributed by atoms with Gasteiger partial charge in [0.25, 0.3) is 0 Å². The Morgan fingerprint density at radius 2 is 2.08 bits per heavy atom. The Hall–Kier alpha value is -2.79. The van der Waals surface area contributed by atoms with E-state index in [4.69, 9.17) is 16.0 Å². The van der Waals surface area contributed by atoms with Crippen LogP contribution in [0.1, 0.15) is 24.3 Å². The predicted octanol–water partition coefficient (Wildman–Crippen LogP) is 4.70. The van der Waals surface area contributed by atoms with Gasteiger partial charge in [-0.05, 0) is 42.5 Å². The Bertz CT molecular complexity index is 1220. The second-order valence-corrected chi connectivity index (χ2v) is 6.98. The maximum Gasteiger partial charge on any atom is 0.354 e. The molecule has 6 heteroatoms. The van der Waals surface area contributed by atoms with Gasteiger partial charge < -0.3 is 9.73 Å². The van der Waals surface area contributed by atoms with Gasteiger partial charge in [-0.15, -0.1) is 0 Å². The van der Waals surface area contributed by atoms with Crippen molar-refractivity contribution in [3.05, 3.63) is 63.7 Å². The molecular formula is C20H16ClN3O2. The molecule has 1 fully saturated rings. The number of nitrogens with zero attached hydrogens (tertiary/aromatic N) is 2.